The average Bonchev–Trinajstić information content (AvgIpc) is 1.27. The number of hydrogen-bond acceptors (Lipinski definition) is 2. The molecule has 0 rings (SSSR count). The van der Waals surface area contributed by atoms with Crippen molar-refractivity contribution in [2.45, 2.75) is 20.3 Å². The molecule has 2 nitrogen and oxygen atoms in total. The molecule has 0 spiro atoms. The van der Waals surface area contributed by atoms with Crippen LogP contribution in [0.3, 0.4) is 0 Å². The SMILES string of the molecule is CC(=O)CC(C)=O.[Mn+2].[Mn+2]. The first-order valence-electron chi connectivity index (χ1n) is 2.12. The first kappa shape index (κ1) is 16.2. The fraction of sp³-hybridized carbons (Fsp3) is 0.600. The third kappa shape index (κ3) is 17.8. The number of rotatable bonds is 2. The van der Waals surface area contributed by atoms with Crippen molar-refractivity contribution in [2.75, 3.05) is 0 Å². The van der Waals surface area contributed by atoms with Crippen molar-refractivity contribution in [1.82, 2.24) is 0 Å². The second kappa shape index (κ2) is 8.38. The summed E-state index contributed by atoms with van der Waals surface area (Å²) in [4.78, 5) is 20.1. The van der Waals surface area contributed by atoms with E-state index in [1.165, 1.54) is 13.8 Å². The van der Waals surface area contributed by atoms with Gasteiger partial charge in [0, 0.05) is 0 Å². The Bertz CT molecular complexity index is 89.1. The van der Waals surface area contributed by atoms with Gasteiger partial charge < -0.3 is 0 Å². The van der Waals surface area contributed by atoms with Crippen LogP contribution in [-0.2, 0) is 43.7 Å². The molecular weight excluding hydrogens is 202 g/mol. The van der Waals surface area contributed by atoms with Crippen molar-refractivity contribution in [3.8, 4) is 0 Å². The van der Waals surface area contributed by atoms with Crippen LogP contribution in [0.5, 0.6) is 0 Å². The molecule has 4 heteroatoms. The van der Waals surface area contributed by atoms with E-state index in [1.54, 1.807) is 0 Å². The molecule has 0 saturated carbocycles. The summed E-state index contributed by atoms with van der Waals surface area (Å²) in [5.74, 6) is -0.125. The van der Waals surface area contributed by atoms with Crippen molar-refractivity contribution in [2.24, 2.45) is 0 Å². The van der Waals surface area contributed by atoms with E-state index in [0.29, 0.717) is 0 Å². The van der Waals surface area contributed by atoms with E-state index in [2.05, 4.69) is 0 Å². The molecule has 0 aliphatic heterocycles. The van der Waals surface area contributed by atoms with Crippen LogP contribution in [0.4, 0.5) is 0 Å². The number of ketones is 2. The van der Waals surface area contributed by atoms with Crippen molar-refractivity contribution in [3.05, 3.63) is 0 Å². The molecular formula is C5H8Mn2O2+4. The summed E-state index contributed by atoms with van der Waals surface area (Å²) in [6.45, 7) is 2.81. The topological polar surface area (TPSA) is 34.1 Å². The molecule has 0 aromatic carbocycles. The second-order valence-corrected chi connectivity index (χ2v) is 1.58. The van der Waals surface area contributed by atoms with Gasteiger partial charge in [0.05, 0.1) is 6.42 Å². The van der Waals surface area contributed by atoms with E-state index in [-0.39, 0.29) is 52.1 Å². The molecule has 50 valence electrons. The van der Waals surface area contributed by atoms with E-state index in [1.807, 2.05) is 0 Å². The summed E-state index contributed by atoms with van der Waals surface area (Å²) in [5.41, 5.74) is 0. The standard InChI is InChI=1S/C5H8O2.2Mn/c1-4(6)3-5(2)7;;/h3H2,1-2H3;;/q;2*+2. The van der Waals surface area contributed by atoms with Gasteiger partial charge in [-0.1, -0.05) is 0 Å². The largest absolute Gasteiger partial charge is 2.00 e. The predicted molar refractivity (Wildman–Crippen MR) is 26.0 cm³/mol. The van der Waals surface area contributed by atoms with Crippen LogP contribution in [0.1, 0.15) is 20.3 Å². The summed E-state index contributed by atoms with van der Waals surface area (Å²) >= 11 is 0. The monoisotopic (exact) mass is 210 g/mol. The van der Waals surface area contributed by atoms with E-state index in [0.717, 1.165) is 0 Å². The van der Waals surface area contributed by atoms with E-state index < -0.39 is 0 Å². The number of carbonyl (C=O) groups excluding carboxylic acids is 2. The normalized spacial score (nSPS) is 6.44. The van der Waals surface area contributed by atoms with Gasteiger partial charge in [0.15, 0.2) is 0 Å². The molecule has 0 heterocycles. The molecule has 0 aromatic heterocycles. The minimum absolute atomic E-state index is 0. The Balaban J connectivity index is -0.000000180. The third-order valence-corrected chi connectivity index (χ3v) is 0.498. The summed E-state index contributed by atoms with van der Waals surface area (Å²) in [6, 6.07) is 0. The van der Waals surface area contributed by atoms with Crippen LogP contribution < -0.4 is 0 Å². The van der Waals surface area contributed by atoms with E-state index in [9.17, 15) is 9.59 Å². The second-order valence-electron chi connectivity index (χ2n) is 1.58. The maximum absolute atomic E-state index is 10.0. The Morgan fingerprint density at radius 1 is 1.00 bits per heavy atom. The zero-order chi connectivity index (χ0) is 5.86. The molecule has 0 N–H and O–H groups in total. The minimum atomic E-state index is -0.0625. The van der Waals surface area contributed by atoms with Gasteiger partial charge in [-0.05, 0) is 13.8 Å². The first-order valence-corrected chi connectivity index (χ1v) is 2.12. The van der Waals surface area contributed by atoms with E-state index in [4.69, 9.17) is 0 Å². The molecule has 0 fully saturated rings. The van der Waals surface area contributed by atoms with E-state index >= 15 is 0 Å². The molecule has 0 atom stereocenters. The van der Waals surface area contributed by atoms with Crippen molar-refractivity contribution in [1.29, 1.82) is 0 Å². The Labute approximate surface area is 75.7 Å². The van der Waals surface area contributed by atoms with Gasteiger partial charge in [-0.15, -0.1) is 0 Å². The van der Waals surface area contributed by atoms with Crippen LogP contribution in [-0.4, -0.2) is 11.6 Å². The molecule has 0 aliphatic carbocycles. The first-order chi connectivity index (χ1) is 3.13. The fourth-order valence-electron chi connectivity index (χ4n) is 0.351. The Morgan fingerprint density at radius 2 is 1.22 bits per heavy atom. The smallest absolute Gasteiger partial charge is 0.300 e. The van der Waals surface area contributed by atoms with Gasteiger partial charge in [0.1, 0.15) is 11.6 Å². The summed E-state index contributed by atoms with van der Waals surface area (Å²) in [6.07, 6.45) is 0.0833. The van der Waals surface area contributed by atoms with Crippen LogP contribution >= 0.6 is 0 Å². The van der Waals surface area contributed by atoms with Crippen molar-refractivity contribution >= 4 is 11.6 Å². The molecule has 2 radical (unpaired) electrons. The molecule has 0 bridgehead atoms. The molecule has 0 saturated heterocycles. The molecule has 9 heavy (non-hydrogen) atoms. The molecule has 0 amide bonds. The fourth-order valence-corrected chi connectivity index (χ4v) is 0.351. The zero-order valence-electron chi connectivity index (χ0n) is 5.28. The van der Waals surface area contributed by atoms with Crippen molar-refractivity contribution in [3.63, 3.8) is 0 Å². The Hall–Kier alpha value is 0.379. The maximum atomic E-state index is 10.0. The third-order valence-electron chi connectivity index (χ3n) is 0.498. The van der Waals surface area contributed by atoms with Gasteiger partial charge in [0.25, 0.3) is 0 Å². The summed E-state index contributed by atoms with van der Waals surface area (Å²) in [7, 11) is 0. The van der Waals surface area contributed by atoms with Crippen LogP contribution in [0.2, 0.25) is 0 Å². The quantitative estimate of drug-likeness (QED) is 0.492. The van der Waals surface area contributed by atoms with Gasteiger partial charge >= 0.3 is 34.1 Å². The maximum Gasteiger partial charge on any atom is 2.00 e. The van der Waals surface area contributed by atoms with Gasteiger partial charge in [0.2, 0.25) is 0 Å². The predicted octanol–water partition coefficient (Wildman–Crippen LogP) is 0.549. The van der Waals surface area contributed by atoms with Gasteiger partial charge in [-0.25, -0.2) is 0 Å². The van der Waals surface area contributed by atoms with Crippen LogP contribution in [0, 0.1) is 0 Å². The molecule has 0 aromatic rings. The zero-order valence-corrected chi connectivity index (χ0v) is 7.64. The number of carbonyl (C=O) groups is 2. The van der Waals surface area contributed by atoms with Gasteiger partial charge in [-0.2, -0.15) is 0 Å². The van der Waals surface area contributed by atoms with Crippen molar-refractivity contribution < 1.29 is 43.7 Å². The molecule has 0 aliphatic rings. The van der Waals surface area contributed by atoms with Gasteiger partial charge in [-0.3, -0.25) is 9.59 Å². The summed E-state index contributed by atoms with van der Waals surface area (Å²) < 4.78 is 0. The van der Waals surface area contributed by atoms with Crippen LogP contribution in [0.15, 0.2) is 0 Å². The minimum Gasteiger partial charge on any atom is -0.300 e. The number of Topliss-reactive ketones (excluding diaryl/α,β-unsaturated/α-hetero) is 2. The Kier molecular flexibility index (Phi) is 15.1. The molecule has 0 unspecified atom stereocenters. The van der Waals surface area contributed by atoms with Crippen LogP contribution in [0.25, 0.3) is 0 Å². The number of hydrogen-bond donors (Lipinski definition) is 0. The average molecular weight is 210 g/mol. The summed E-state index contributed by atoms with van der Waals surface area (Å²) in [5, 5.41) is 0. The Morgan fingerprint density at radius 3 is 1.22 bits per heavy atom.